The highest BCUT2D eigenvalue weighted by atomic mass is 15.2. The van der Waals surface area contributed by atoms with Gasteiger partial charge in [-0.05, 0) is 87.3 Å². The number of nitrogens with zero attached hydrogens (tertiary/aromatic N) is 2. The van der Waals surface area contributed by atoms with Gasteiger partial charge in [0.15, 0.2) is 0 Å². The van der Waals surface area contributed by atoms with Crippen molar-refractivity contribution in [1.29, 1.82) is 0 Å². The summed E-state index contributed by atoms with van der Waals surface area (Å²) < 4.78 is 0. The third-order valence-electron chi connectivity index (χ3n) is 8.10. The summed E-state index contributed by atoms with van der Waals surface area (Å²) in [6, 6.07) is 33.7. The predicted molar refractivity (Wildman–Crippen MR) is 143 cm³/mol. The molecule has 0 aliphatic carbocycles. The van der Waals surface area contributed by atoms with E-state index in [0.717, 1.165) is 12.5 Å². The molecule has 1 atom stereocenters. The third-order valence-corrected chi connectivity index (χ3v) is 8.10. The Hall–Kier alpha value is -2.42. The summed E-state index contributed by atoms with van der Waals surface area (Å²) in [5.74, 6) is 0.772. The summed E-state index contributed by atoms with van der Waals surface area (Å²) in [7, 11) is 0. The van der Waals surface area contributed by atoms with Crippen molar-refractivity contribution in [3.8, 4) is 0 Å². The van der Waals surface area contributed by atoms with E-state index in [1.165, 1.54) is 87.8 Å². The summed E-state index contributed by atoms with van der Waals surface area (Å²) in [4.78, 5) is 5.51. The summed E-state index contributed by atoms with van der Waals surface area (Å²) in [6.45, 7) is 6.23. The van der Waals surface area contributed by atoms with E-state index in [0.29, 0.717) is 0 Å². The van der Waals surface area contributed by atoms with Crippen molar-refractivity contribution >= 4 is 0 Å². The van der Waals surface area contributed by atoms with Gasteiger partial charge in [0.1, 0.15) is 0 Å². The highest BCUT2D eigenvalue weighted by Crippen LogP contribution is 2.44. The van der Waals surface area contributed by atoms with E-state index in [9.17, 15) is 0 Å². The van der Waals surface area contributed by atoms with Crippen LogP contribution in [0.3, 0.4) is 0 Å². The average molecular weight is 453 g/mol. The second-order valence-corrected chi connectivity index (χ2v) is 10.3. The molecule has 0 saturated carbocycles. The first-order valence-electron chi connectivity index (χ1n) is 13.5. The Kier molecular flexibility index (Phi) is 7.78. The van der Waals surface area contributed by atoms with Crippen LogP contribution in [0.25, 0.3) is 0 Å². The highest BCUT2D eigenvalue weighted by molar-refractivity contribution is 5.49. The van der Waals surface area contributed by atoms with Gasteiger partial charge < -0.3 is 4.90 Å². The molecule has 0 spiro atoms. The fourth-order valence-electron chi connectivity index (χ4n) is 6.48. The van der Waals surface area contributed by atoms with Crippen LogP contribution in [0.15, 0.2) is 91.0 Å². The topological polar surface area (TPSA) is 6.48 Å². The van der Waals surface area contributed by atoms with Crippen LogP contribution < -0.4 is 0 Å². The molecule has 1 unspecified atom stereocenters. The molecule has 2 heteroatoms. The van der Waals surface area contributed by atoms with Crippen molar-refractivity contribution in [2.24, 2.45) is 5.92 Å². The molecule has 2 aliphatic rings. The maximum Gasteiger partial charge on any atom is 0.0973 e. The Labute approximate surface area is 206 Å². The first kappa shape index (κ1) is 23.3. The number of hydrogen-bond acceptors (Lipinski definition) is 2. The van der Waals surface area contributed by atoms with E-state index in [1.807, 2.05) is 0 Å². The molecule has 2 saturated heterocycles. The molecule has 3 aromatic rings. The van der Waals surface area contributed by atoms with Gasteiger partial charge in [0.05, 0.1) is 5.54 Å². The number of hydrogen-bond donors (Lipinski definition) is 0. The van der Waals surface area contributed by atoms with Gasteiger partial charge in [0, 0.05) is 6.54 Å². The van der Waals surface area contributed by atoms with Gasteiger partial charge in [-0.25, -0.2) is 0 Å². The van der Waals surface area contributed by atoms with Crippen LogP contribution in [0.5, 0.6) is 0 Å². The second-order valence-electron chi connectivity index (χ2n) is 10.3. The van der Waals surface area contributed by atoms with Crippen molar-refractivity contribution in [1.82, 2.24) is 9.80 Å². The maximum atomic E-state index is 2.81. The molecular weight excluding hydrogens is 412 g/mol. The molecule has 0 N–H and O–H groups in total. The minimum Gasteiger partial charge on any atom is -0.303 e. The van der Waals surface area contributed by atoms with E-state index < -0.39 is 0 Å². The van der Waals surface area contributed by atoms with Gasteiger partial charge in [-0.2, -0.15) is 0 Å². The number of piperidine rings is 2. The number of benzene rings is 3. The second kappa shape index (κ2) is 11.3. The van der Waals surface area contributed by atoms with Crippen molar-refractivity contribution in [2.45, 2.75) is 50.5 Å². The smallest absolute Gasteiger partial charge is 0.0973 e. The van der Waals surface area contributed by atoms with Crippen LogP contribution in [0, 0.1) is 5.92 Å². The largest absolute Gasteiger partial charge is 0.303 e. The average Bonchev–Trinajstić information content (AvgIpc) is 2.92. The van der Waals surface area contributed by atoms with E-state index >= 15 is 0 Å². The Bertz CT molecular complexity index is 883. The monoisotopic (exact) mass is 452 g/mol. The molecule has 5 rings (SSSR count). The Morgan fingerprint density at radius 3 is 1.68 bits per heavy atom. The van der Waals surface area contributed by atoms with Gasteiger partial charge >= 0.3 is 0 Å². The Balaban J connectivity index is 1.45. The van der Waals surface area contributed by atoms with Crippen LogP contribution in [-0.2, 0) is 5.54 Å². The van der Waals surface area contributed by atoms with Gasteiger partial charge in [-0.15, -0.1) is 0 Å². The van der Waals surface area contributed by atoms with Crippen molar-refractivity contribution in [2.75, 3.05) is 32.7 Å². The van der Waals surface area contributed by atoms with Gasteiger partial charge in [0.25, 0.3) is 0 Å². The lowest BCUT2D eigenvalue weighted by molar-refractivity contribution is 0.0869. The molecule has 0 aromatic heterocycles. The highest BCUT2D eigenvalue weighted by Gasteiger charge is 2.43. The third kappa shape index (κ3) is 4.99. The molecule has 34 heavy (non-hydrogen) atoms. The molecule has 0 bridgehead atoms. The molecule has 2 aliphatic heterocycles. The molecule has 2 heterocycles. The quantitative estimate of drug-likeness (QED) is 0.341. The minimum absolute atomic E-state index is 0.255. The van der Waals surface area contributed by atoms with Crippen LogP contribution >= 0.6 is 0 Å². The Morgan fingerprint density at radius 1 is 0.618 bits per heavy atom. The molecule has 178 valence electrons. The van der Waals surface area contributed by atoms with Crippen molar-refractivity contribution in [3.63, 3.8) is 0 Å². The molecule has 0 amide bonds. The van der Waals surface area contributed by atoms with Gasteiger partial charge in [-0.1, -0.05) is 97.4 Å². The zero-order valence-electron chi connectivity index (χ0n) is 20.6. The maximum absolute atomic E-state index is 2.81. The molecule has 0 radical (unpaired) electrons. The van der Waals surface area contributed by atoms with Gasteiger partial charge in [0.2, 0.25) is 0 Å². The van der Waals surface area contributed by atoms with E-state index in [1.54, 1.807) is 0 Å². The summed E-state index contributed by atoms with van der Waals surface area (Å²) in [6.07, 6.45) is 9.55. The van der Waals surface area contributed by atoms with Crippen molar-refractivity contribution in [3.05, 3.63) is 108 Å². The van der Waals surface area contributed by atoms with E-state index in [-0.39, 0.29) is 5.54 Å². The lowest BCUT2D eigenvalue weighted by Gasteiger charge is -2.49. The lowest BCUT2D eigenvalue weighted by Crippen LogP contribution is -2.52. The number of rotatable bonds is 8. The fraction of sp³-hybridized carbons (Fsp3) is 0.438. The molecule has 2 fully saturated rings. The summed E-state index contributed by atoms with van der Waals surface area (Å²) in [5, 5.41) is 0. The zero-order valence-corrected chi connectivity index (χ0v) is 20.6. The predicted octanol–water partition coefficient (Wildman–Crippen LogP) is 6.96. The van der Waals surface area contributed by atoms with Crippen LogP contribution in [0.4, 0.5) is 0 Å². The first-order chi connectivity index (χ1) is 16.9. The van der Waals surface area contributed by atoms with Crippen LogP contribution in [0.2, 0.25) is 0 Å². The number of likely N-dealkylation sites (tertiary alicyclic amines) is 2. The molecule has 2 nitrogen and oxygen atoms in total. The minimum atomic E-state index is -0.255. The fourth-order valence-corrected chi connectivity index (χ4v) is 6.48. The van der Waals surface area contributed by atoms with Crippen molar-refractivity contribution < 1.29 is 0 Å². The molecular formula is C32H40N2. The van der Waals surface area contributed by atoms with Crippen LogP contribution in [0.1, 0.15) is 61.6 Å². The van der Waals surface area contributed by atoms with Crippen LogP contribution in [-0.4, -0.2) is 42.5 Å². The lowest BCUT2D eigenvalue weighted by atomic mass is 9.74. The zero-order chi connectivity index (χ0) is 23.1. The van der Waals surface area contributed by atoms with E-state index in [2.05, 4.69) is 101 Å². The summed E-state index contributed by atoms with van der Waals surface area (Å²) in [5.41, 5.74) is 3.87. The standard InChI is InChI=1S/C32H40N2/c1-5-17-29(18-6-1)32(30-19-7-2-8-20-30,31-21-9-3-10-22-31)34-26-14-16-28(27-34)15-13-25-33-23-11-4-12-24-33/h1-3,5-10,17-22,28H,4,11-16,23-27H2. The van der Waals surface area contributed by atoms with E-state index in [4.69, 9.17) is 0 Å². The SMILES string of the molecule is c1ccc(C(c2ccccc2)(c2ccccc2)N2CCCC(CCCN3CCCCC3)C2)cc1. The summed E-state index contributed by atoms with van der Waals surface area (Å²) >= 11 is 0. The first-order valence-corrected chi connectivity index (χ1v) is 13.5. The van der Waals surface area contributed by atoms with Gasteiger partial charge in [-0.3, -0.25) is 4.90 Å². The normalized spacial score (nSPS) is 20.3. The Morgan fingerprint density at radius 2 is 1.15 bits per heavy atom. The molecule has 3 aromatic carbocycles.